The number of halogens is 2. The Morgan fingerprint density at radius 3 is 1.93 bits per heavy atom. The summed E-state index contributed by atoms with van der Waals surface area (Å²) < 4.78 is 0. The molecule has 1 aromatic carbocycles. The van der Waals surface area contributed by atoms with Crippen LogP contribution in [0.15, 0.2) is 18.2 Å². The van der Waals surface area contributed by atoms with Gasteiger partial charge in [-0.15, -0.1) is 0 Å². The highest BCUT2D eigenvalue weighted by Crippen LogP contribution is 2.33. The summed E-state index contributed by atoms with van der Waals surface area (Å²) in [6, 6.07) is 4.97. The van der Waals surface area contributed by atoms with Crippen molar-refractivity contribution in [2.45, 2.75) is 26.1 Å². The number of hydrogen-bond acceptors (Lipinski definition) is 2. The van der Waals surface area contributed by atoms with Crippen LogP contribution in [0.4, 0.5) is 0 Å². The van der Waals surface area contributed by atoms with Crippen LogP contribution < -0.4 is 0 Å². The maximum atomic E-state index is 9.90. The zero-order valence-electron chi connectivity index (χ0n) is 8.61. The summed E-state index contributed by atoms with van der Waals surface area (Å²) in [4.78, 5) is 0. The SMILES string of the molecule is CC(C)[C@@H](O)C(O)c1c(Cl)cccc1Cl. The normalized spacial score (nSPS) is 15.4. The Morgan fingerprint density at radius 1 is 1.07 bits per heavy atom. The van der Waals surface area contributed by atoms with E-state index in [9.17, 15) is 10.2 Å². The lowest BCUT2D eigenvalue weighted by molar-refractivity contribution is -0.00928. The van der Waals surface area contributed by atoms with Crippen molar-refractivity contribution in [3.8, 4) is 0 Å². The molecule has 1 aromatic rings. The number of hydrogen-bond donors (Lipinski definition) is 2. The van der Waals surface area contributed by atoms with Crippen LogP contribution >= 0.6 is 23.2 Å². The van der Waals surface area contributed by atoms with E-state index < -0.39 is 12.2 Å². The van der Waals surface area contributed by atoms with Gasteiger partial charge in [-0.1, -0.05) is 43.1 Å². The largest absolute Gasteiger partial charge is 0.390 e. The zero-order valence-corrected chi connectivity index (χ0v) is 10.1. The molecule has 0 aromatic heterocycles. The number of aliphatic hydroxyl groups excluding tert-OH is 2. The predicted molar refractivity (Wildman–Crippen MR) is 62.3 cm³/mol. The summed E-state index contributed by atoms with van der Waals surface area (Å²) in [5.41, 5.74) is 0.391. The van der Waals surface area contributed by atoms with Crippen LogP contribution in [0.25, 0.3) is 0 Å². The fraction of sp³-hybridized carbons (Fsp3) is 0.455. The minimum atomic E-state index is -1.05. The Labute approximate surface area is 99.5 Å². The third-order valence-corrected chi connectivity index (χ3v) is 2.96. The Kier molecular flexibility index (Phi) is 4.41. The Bertz CT molecular complexity index is 319. The second kappa shape index (κ2) is 5.17. The molecule has 0 spiro atoms. The second-order valence-corrected chi connectivity index (χ2v) is 4.63. The Morgan fingerprint density at radius 2 is 1.53 bits per heavy atom. The fourth-order valence-electron chi connectivity index (χ4n) is 1.33. The first-order chi connectivity index (χ1) is 6.95. The molecule has 0 aliphatic rings. The van der Waals surface area contributed by atoms with Crippen molar-refractivity contribution >= 4 is 23.2 Å². The zero-order chi connectivity index (χ0) is 11.6. The average Bonchev–Trinajstić information content (AvgIpc) is 2.15. The van der Waals surface area contributed by atoms with Crippen LogP contribution in [0.5, 0.6) is 0 Å². The van der Waals surface area contributed by atoms with Gasteiger partial charge in [-0.2, -0.15) is 0 Å². The third-order valence-electron chi connectivity index (χ3n) is 2.30. The molecule has 0 aliphatic carbocycles. The van der Waals surface area contributed by atoms with E-state index in [4.69, 9.17) is 23.2 Å². The van der Waals surface area contributed by atoms with E-state index >= 15 is 0 Å². The van der Waals surface area contributed by atoms with Crippen molar-refractivity contribution in [3.05, 3.63) is 33.8 Å². The van der Waals surface area contributed by atoms with E-state index in [-0.39, 0.29) is 5.92 Å². The first kappa shape index (κ1) is 12.8. The van der Waals surface area contributed by atoms with Crippen molar-refractivity contribution in [2.24, 2.45) is 5.92 Å². The highest BCUT2D eigenvalue weighted by Gasteiger charge is 2.25. The van der Waals surface area contributed by atoms with E-state index in [0.29, 0.717) is 15.6 Å². The van der Waals surface area contributed by atoms with Gasteiger partial charge in [0.1, 0.15) is 6.10 Å². The molecule has 0 radical (unpaired) electrons. The summed E-state index contributed by atoms with van der Waals surface area (Å²) in [5.74, 6) is -0.0626. The number of rotatable bonds is 3. The van der Waals surface area contributed by atoms with E-state index in [1.165, 1.54) is 0 Å². The number of benzene rings is 1. The second-order valence-electron chi connectivity index (χ2n) is 3.81. The molecule has 0 bridgehead atoms. The van der Waals surface area contributed by atoms with Crippen LogP contribution in [0.2, 0.25) is 10.0 Å². The molecule has 2 N–H and O–H groups in total. The molecule has 0 aliphatic heterocycles. The lowest BCUT2D eigenvalue weighted by Crippen LogP contribution is -2.24. The van der Waals surface area contributed by atoms with Crippen LogP contribution in [-0.4, -0.2) is 16.3 Å². The molecule has 2 atom stereocenters. The molecule has 0 amide bonds. The van der Waals surface area contributed by atoms with Gasteiger partial charge in [0.15, 0.2) is 0 Å². The minimum Gasteiger partial charge on any atom is -0.390 e. The molecule has 0 saturated carbocycles. The van der Waals surface area contributed by atoms with Crippen molar-refractivity contribution in [1.29, 1.82) is 0 Å². The van der Waals surface area contributed by atoms with Crippen LogP contribution in [0, 0.1) is 5.92 Å². The highest BCUT2D eigenvalue weighted by atomic mass is 35.5. The van der Waals surface area contributed by atoms with Gasteiger partial charge in [-0.05, 0) is 18.1 Å². The molecular formula is C11H14Cl2O2. The minimum absolute atomic E-state index is 0.0626. The smallest absolute Gasteiger partial charge is 0.108 e. The van der Waals surface area contributed by atoms with Gasteiger partial charge >= 0.3 is 0 Å². The van der Waals surface area contributed by atoms with Crippen molar-refractivity contribution in [1.82, 2.24) is 0 Å². The molecule has 84 valence electrons. The van der Waals surface area contributed by atoms with Crippen molar-refractivity contribution < 1.29 is 10.2 Å². The summed E-state index contributed by atoms with van der Waals surface area (Å²) in [5, 5.41) is 20.4. The molecule has 0 saturated heterocycles. The maximum absolute atomic E-state index is 9.90. The third kappa shape index (κ3) is 2.85. The molecule has 2 nitrogen and oxygen atoms in total. The molecule has 0 fully saturated rings. The van der Waals surface area contributed by atoms with Gasteiger partial charge < -0.3 is 10.2 Å². The Balaban J connectivity index is 3.05. The molecule has 4 heteroatoms. The van der Waals surface area contributed by atoms with Crippen LogP contribution in [-0.2, 0) is 0 Å². The van der Waals surface area contributed by atoms with Gasteiger partial charge in [-0.3, -0.25) is 0 Å². The van der Waals surface area contributed by atoms with Gasteiger partial charge in [0.2, 0.25) is 0 Å². The summed E-state index contributed by atoms with van der Waals surface area (Å²) in [6.45, 7) is 3.64. The maximum Gasteiger partial charge on any atom is 0.108 e. The lowest BCUT2D eigenvalue weighted by Gasteiger charge is -2.22. The van der Waals surface area contributed by atoms with E-state index in [1.807, 2.05) is 13.8 Å². The molecule has 1 unspecified atom stereocenters. The van der Waals surface area contributed by atoms with Gasteiger partial charge in [0.05, 0.1) is 6.10 Å². The molecular weight excluding hydrogens is 235 g/mol. The average molecular weight is 249 g/mol. The molecule has 0 heterocycles. The topological polar surface area (TPSA) is 40.5 Å². The van der Waals surface area contributed by atoms with Crippen LogP contribution in [0.3, 0.4) is 0 Å². The van der Waals surface area contributed by atoms with E-state index in [1.54, 1.807) is 18.2 Å². The first-order valence-electron chi connectivity index (χ1n) is 4.75. The van der Waals surface area contributed by atoms with Crippen molar-refractivity contribution in [2.75, 3.05) is 0 Å². The van der Waals surface area contributed by atoms with E-state index in [0.717, 1.165) is 0 Å². The first-order valence-corrected chi connectivity index (χ1v) is 5.50. The monoisotopic (exact) mass is 248 g/mol. The van der Waals surface area contributed by atoms with E-state index in [2.05, 4.69) is 0 Å². The molecule has 15 heavy (non-hydrogen) atoms. The predicted octanol–water partition coefficient (Wildman–Crippen LogP) is 3.04. The quantitative estimate of drug-likeness (QED) is 0.864. The fourth-order valence-corrected chi connectivity index (χ4v) is 1.95. The lowest BCUT2D eigenvalue weighted by atomic mass is 9.96. The standard InChI is InChI=1S/C11H14Cl2O2/c1-6(2)10(14)11(15)9-7(12)4-3-5-8(9)13/h3-6,10-11,14-15H,1-2H3/t10-,11?/m1/s1. The Hall–Kier alpha value is -0.280. The van der Waals surface area contributed by atoms with Gasteiger partial charge in [0.25, 0.3) is 0 Å². The summed E-state index contributed by atoms with van der Waals surface area (Å²) in [6.07, 6.45) is -1.92. The molecule has 1 rings (SSSR count). The van der Waals surface area contributed by atoms with Gasteiger partial charge in [-0.25, -0.2) is 0 Å². The highest BCUT2D eigenvalue weighted by molar-refractivity contribution is 6.36. The summed E-state index contributed by atoms with van der Waals surface area (Å²) in [7, 11) is 0. The van der Waals surface area contributed by atoms with Crippen LogP contribution in [0.1, 0.15) is 25.5 Å². The van der Waals surface area contributed by atoms with Crippen molar-refractivity contribution in [3.63, 3.8) is 0 Å². The van der Waals surface area contributed by atoms with Gasteiger partial charge in [0, 0.05) is 15.6 Å². The number of aliphatic hydroxyl groups is 2. The summed E-state index contributed by atoms with van der Waals surface area (Å²) >= 11 is 11.8.